The van der Waals surface area contributed by atoms with E-state index in [0.717, 1.165) is 42.0 Å². The minimum atomic E-state index is 0.270. The van der Waals surface area contributed by atoms with Gasteiger partial charge in [0.05, 0.1) is 16.4 Å². The number of nitrogens with one attached hydrogen (secondary N) is 1. The summed E-state index contributed by atoms with van der Waals surface area (Å²) in [6.45, 7) is 9.73. The number of aryl methyl sites for hydroxylation is 2. The highest BCUT2D eigenvalue weighted by molar-refractivity contribution is 6.31. The molecular formula is C16H27ClN4. The molecule has 0 spiro atoms. The Morgan fingerprint density at radius 1 is 1.43 bits per heavy atom. The first kappa shape index (κ1) is 15.3. The summed E-state index contributed by atoms with van der Waals surface area (Å²) in [4.78, 5) is 2.61. The minimum absolute atomic E-state index is 0.270. The third kappa shape index (κ3) is 2.86. The lowest BCUT2D eigenvalue weighted by Gasteiger charge is -2.46. The second kappa shape index (κ2) is 5.56. The lowest BCUT2D eigenvalue weighted by atomic mass is 9.90. The molecule has 21 heavy (non-hydrogen) atoms. The van der Waals surface area contributed by atoms with E-state index in [4.69, 9.17) is 11.6 Å². The molecule has 2 unspecified atom stereocenters. The molecule has 2 fully saturated rings. The maximum absolute atomic E-state index is 6.44. The van der Waals surface area contributed by atoms with Gasteiger partial charge in [-0.05, 0) is 39.0 Å². The Hall–Kier alpha value is -0.580. The molecule has 1 aliphatic carbocycles. The Bertz CT molecular complexity index is 523. The average molecular weight is 311 g/mol. The normalized spacial score (nSPS) is 30.8. The molecule has 118 valence electrons. The molecule has 1 aromatic rings. The Balaban J connectivity index is 1.80. The SMILES string of the molecule is CCC1CNC(C)(C2CC2)CN1Cc1c(Cl)c(C)nn1C. The van der Waals surface area contributed by atoms with E-state index in [2.05, 4.69) is 29.2 Å². The molecule has 1 aromatic heterocycles. The number of nitrogens with zero attached hydrogens (tertiary/aromatic N) is 3. The van der Waals surface area contributed by atoms with Crippen molar-refractivity contribution in [1.29, 1.82) is 0 Å². The van der Waals surface area contributed by atoms with Crippen molar-refractivity contribution < 1.29 is 0 Å². The van der Waals surface area contributed by atoms with Crippen LogP contribution < -0.4 is 5.32 Å². The van der Waals surface area contributed by atoms with Crippen molar-refractivity contribution in [3.05, 3.63) is 16.4 Å². The van der Waals surface area contributed by atoms with Crippen LogP contribution in [0.15, 0.2) is 0 Å². The summed E-state index contributed by atoms with van der Waals surface area (Å²) in [5.41, 5.74) is 2.35. The van der Waals surface area contributed by atoms with Crippen LogP contribution in [0.5, 0.6) is 0 Å². The zero-order valence-corrected chi connectivity index (χ0v) is 14.4. The highest BCUT2D eigenvalue weighted by atomic mass is 35.5. The van der Waals surface area contributed by atoms with Gasteiger partial charge in [0.15, 0.2) is 0 Å². The van der Waals surface area contributed by atoms with Crippen LogP contribution in [-0.4, -0.2) is 39.4 Å². The fourth-order valence-corrected chi connectivity index (χ4v) is 3.93. The zero-order chi connectivity index (χ0) is 15.2. The van der Waals surface area contributed by atoms with E-state index in [-0.39, 0.29) is 5.54 Å². The Morgan fingerprint density at radius 3 is 2.67 bits per heavy atom. The van der Waals surface area contributed by atoms with Crippen molar-refractivity contribution in [3.63, 3.8) is 0 Å². The van der Waals surface area contributed by atoms with Crippen molar-refractivity contribution in [2.45, 2.75) is 58.2 Å². The van der Waals surface area contributed by atoms with Gasteiger partial charge in [-0.2, -0.15) is 5.10 Å². The summed E-state index contributed by atoms with van der Waals surface area (Å²) in [6, 6.07) is 0.586. The first-order valence-corrected chi connectivity index (χ1v) is 8.49. The second-order valence-corrected chi connectivity index (χ2v) is 7.39. The lowest BCUT2D eigenvalue weighted by molar-refractivity contribution is 0.0646. The first-order valence-electron chi connectivity index (χ1n) is 8.11. The van der Waals surface area contributed by atoms with Crippen LogP contribution in [0.2, 0.25) is 5.02 Å². The molecule has 1 aliphatic heterocycles. The fraction of sp³-hybridized carbons (Fsp3) is 0.812. The molecule has 1 saturated carbocycles. The fourth-order valence-electron chi connectivity index (χ4n) is 3.71. The molecule has 1 saturated heterocycles. The molecule has 5 heteroatoms. The minimum Gasteiger partial charge on any atom is -0.308 e. The number of hydrogen-bond donors (Lipinski definition) is 1. The number of halogens is 1. The topological polar surface area (TPSA) is 33.1 Å². The molecule has 0 radical (unpaired) electrons. The number of rotatable bonds is 4. The van der Waals surface area contributed by atoms with Gasteiger partial charge in [0, 0.05) is 38.3 Å². The van der Waals surface area contributed by atoms with Crippen LogP contribution in [0.25, 0.3) is 0 Å². The molecule has 4 nitrogen and oxygen atoms in total. The predicted molar refractivity (Wildman–Crippen MR) is 86.6 cm³/mol. The zero-order valence-electron chi connectivity index (χ0n) is 13.6. The number of aromatic nitrogens is 2. The summed E-state index contributed by atoms with van der Waals surface area (Å²) >= 11 is 6.44. The van der Waals surface area contributed by atoms with Crippen molar-refractivity contribution in [2.75, 3.05) is 13.1 Å². The molecule has 0 aromatic carbocycles. The standard InChI is InChI=1S/C16H27ClN4/c1-5-13-8-18-16(3,12-6-7-12)10-21(13)9-14-15(17)11(2)19-20(14)4/h12-13,18H,5-10H2,1-4H3. The maximum atomic E-state index is 6.44. The summed E-state index contributed by atoms with van der Waals surface area (Å²) in [5.74, 6) is 0.849. The smallest absolute Gasteiger partial charge is 0.0860 e. The highest BCUT2D eigenvalue weighted by Gasteiger charge is 2.45. The Labute approximate surface area is 132 Å². The largest absolute Gasteiger partial charge is 0.308 e. The molecule has 3 rings (SSSR count). The van der Waals surface area contributed by atoms with E-state index in [0.29, 0.717) is 6.04 Å². The van der Waals surface area contributed by atoms with Crippen LogP contribution in [0.4, 0.5) is 0 Å². The average Bonchev–Trinajstić information content (AvgIpc) is 3.25. The van der Waals surface area contributed by atoms with Crippen LogP contribution in [0.1, 0.15) is 44.5 Å². The van der Waals surface area contributed by atoms with E-state index < -0.39 is 0 Å². The third-order valence-electron chi connectivity index (χ3n) is 5.35. The van der Waals surface area contributed by atoms with Crippen LogP contribution in [-0.2, 0) is 13.6 Å². The van der Waals surface area contributed by atoms with Crippen LogP contribution in [0.3, 0.4) is 0 Å². The van der Waals surface area contributed by atoms with Crippen molar-refractivity contribution in [3.8, 4) is 0 Å². The van der Waals surface area contributed by atoms with Gasteiger partial charge in [0.1, 0.15) is 0 Å². The van der Waals surface area contributed by atoms with Crippen molar-refractivity contribution in [2.24, 2.45) is 13.0 Å². The number of piperazine rings is 1. The first-order chi connectivity index (χ1) is 9.94. The summed E-state index contributed by atoms with van der Waals surface area (Å²) in [6.07, 6.45) is 3.92. The molecule has 0 amide bonds. The maximum Gasteiger partial charge on any atom is 0.0860 e. The van der Waals surface area contributed by atoms with Gasteiger partial charge < -0.3 is 5.32 Å². The van der Waals surface area contributed by atoms with Gasteiger partial charge >= 0.3 is 0 Å². The monoisotopic (exact) mass is 310 g/mol. The molecule has 2 aliphatic rings. The Morgan fingerprint density at radius 2 is 2.14 bits per heavy atom. The quantitative estimate of drug-likeness (QED) is 0.928. The van der Waals surface area contributed by atoms with E-state index in [1.54, 1.807) is 0 Å². The summed E-state index contributed by atoms with van der Waals surface area (Å²) in [7, 11) is 2.00. The molecule has 2 heterocycles. The lowest BCUT2D eigenvalue weighted by Crippen LogP contribution is -2.63. The third-order valence-corrected chi connectivity index (χ3v) is 5.85. The van der Waals surface area contributed by atoms with Crippen LogP contribution >= 0.6 is 11.6 Å². The highest BCUT2D eigenvalue weighted by Crippen LogP contribution is 2.41. The second-order valence-electron chi connectivity index (χ2n) is 7.01. The van der Waals surface area contributed by atoms with E-state index in [9.17, 15) is 0 Å². The molecule has 1 N–H and O–H groups in total. The van der Waals surface area contributed by atoms with Gasteiger partial charge in [-0.3, -0.25) is 9.58 Å². The van der Waals surface area contributed by atoms with E-state index >= 15 is 0 Å². The predicted octanol–water partition coefficient (Wildman–Crippen LogP) is 2.73. The molecular weight excluding hydrogens is 284 g/mol. The van der Waals surface area contributed by atoms with E-state index in [1.807, 2.05) is 18.7 Å². The van der Waals surface area contributed by atoms with Gasteiger partial charge in [-0.25, -0.2) is 0 Å². The van der Waals surface area contributed by atoms with Gasteiger partial charge in [-0.1, -0.05) is 18.5 Å². The Kier molecular flexibility index (Phi) is 4.06. The van der Waals surface area contributed by atoms with E-state index in [1.165, 1.54) is 19.3 Å². The van der Waals surface area contributed by atoms with Crippen LogP contribution in [0, 0.1) is 12.8 Å². The summed E-state index contributed by atoms with van der Waals surface area (Å²) < 4.78 is 1.95. The number of hydrogen-bond acceptors (Lipinski definition) is 3. The van der Waals surface area contributed by atoms with Gasteiger partial charge in [0.2, 0.25) is 0 Å². The van der Waals surface area contributed by atoms with Crippen molar-refractivity contribution >= 4 is 11.6 Å². The van der Waals surface area contributed by atoms with Gasteiger partial charge in [0.25, 0.3) is 0 Å². The van der Waals surface area contributed by atoms with Gasteiger partial charge in [-0.15, -0.1) is 0 Å². The van der Waals surface area contributed by atoms with Crippen molar-refractivity contribution in [1.82, 2.24) is 20.0 Å². The molecule has 0 bridgehead atoms. The molecule has 2 atom stereocenters. The summed E-state index contributed by atoms with van der Waals surface area (Å²) in [5, 5.41) is 9.10.